The molecule has 0 atom stereocenters. The largest absolute Gasteiger partial charge is 0.493 e. The highest BCUT2D eigenvalue weighted by molar-refractivity contribution is 6.32. The second-order valence-corrected chi connectivity index (χ2v) is 8.15. The zero-order valence-electron chi connectivity index (χ0n) is 19.1. The lowest BCUT2D eigenvalue weighted by atomic mass is 10.1. The Morgan fingerprint density at radius 3 is 2.53 bits per heavy atom. The number of hydrogen-bond acceptors (Lipinski definition) is 5. The van der Waals surface area contributed by atoms with Crippen LogP contribution in [-0.2, 0) is 16.1 Å². The highest BCUT2D eigenvalue weighted by Gasteiger charge is 2.33. The molecule has 2 N–H and O–H groups in total. The Morgan fingerprint density at radius 1 is 1.11 bits per heavy atom. The SMILES string of the molecule is COc1cc(/C=C2/NC(=O)N(Cc3ccc(F)cc3)C2=O)cc(Cl)c1OCC(=O)Nc1ccccc1. The zero-order chi connectivity index (χ0) is 25.7. The van der Waals surface area contributed by atoms with Gasteiger partial charge in [0.25, 0.3) is 11.8 Å². The number of ether oxygens (including phenoxy) is 2. The van der Waals surface area contributed by atoms with Gasteiger partial charge in [-0.2, -0.15) is 0 Å². The van der Waals surface area contributed by atoms with E-state index in [1.807, 2.05) is 6.07 Å². The maximum absolute atomic E-state index is 13.1. The third kappa shape index (κ3) is 5.81. The van der Waals surface area contributed by atoms with Gasteiger partial charge in [-0.3, -0.25) is 14.5 Å². The third-order valence-corrected chi connectivity index (χ3v) is 5.46. The number of hydrogen-bond donors (Lipinski definition) is 2. The fourth-order valence-electron chi connectivity index (χ4n) is 3.47. The van der Waals surface area contributed by atoms with Crippen molar-refractivity contribution in [1.82, 2.24) is 10.2 Å². The predicted molar refractivity (Wildman–Crippen MR) is 132 cm³/mol. The Balaban J connectivity index is 1.46. The van der Waals surface area contributed by atoms with Crippen LogP contribution in [0.15, 0.2) is 72.4 Å². The van der Waals surface area contributed by atoms with E-state index in [2.05, 4.69) is 10.6 Å². The summed E-state index contributed by atoms with van der Waals surface area (Å²) in [5.41, 5.74) is 1.73. The number of urea groups is 1. The van der Waals surface area contributed by atoms with Gasteiger partial charge in [-0.05, 0) is 53.6 Å². The van der Waals surface area contributed by atoms with E-state index >= 15 is 0 Å². The van der Waals surface area contributed by atoms with Crippen LogP contribution in [0.2, 0.25) is 5.02 Å². The molecule has 0 aliphatic carbocycles. The summed E-state index contributed by atoms with van der Waals surface area (Å²) in [7, 11) is 1.41. The number of imide groups is 1. The molecule has 1 heterocycles. The third-order valence-electron chi connectivity index (χ3n) is 5.18. The van der Waals surface area contributed by atoms with Crippen LogP contribution < -0.4 is 20.1 Å². The fraction of sp³-hybridized carbons (Fsp3) is 0.115. The molecule has 3 aromatic carbocycles. The van der Waals surface area contributed by atoms with Crippen molar-refractivity contribution in [1.29, 1.82) is 0 Å². The van der Waals surface area contributed by atoms with Crippen molar-refractivity contribution in [2.45, 2.75) is 6.54 Å². The highest BCUT2D eigenvalue weighted by atomic mass is 35.5. The lowest BCUT2D eigenvalue weighted by molar-refractivity contribution is -0.123. The van der Waals surface area contributed by atoms with E-state index in [0.29, 0.717) is 16.8 Å². The number of anilines is 1. The number of nitrogens with one attached hydrogen (secondary N) is 2. The van der Waals surface area contributed by atoms with Gasteiger partial charge in [-0.25, -0.2) is 9.18 Å². The molecule has 0 radical (unpaired) electrons. The van der Waals surface area contributed by atoms with Gasteiger partial charge >= 0.3 is 6.03 Å². The summed E-state index contributed by atoms with van der Waals surface area (Å²) in [6.07, 6.45) is 1.45. The van der Waals surface area contributed by atoms with Crippen LogP contribution in [-0.4, -0.2) is 36.5 Å². The molecule has 1 saturated heterocycles. The minimum absolute atomic E-state index is 0.00973. The molecule has 1 fully saturated rings. The summed E-state index contributed by atoms with van der Waals surface area (Å²) in [6, 6.07) is 16.9. The van der Waals surface area contributed by atoms with Crippen LogP contribution in [0.25, 0.3) is 6.08 Å². The molecule has 0 unspecified atom stereocenters. The maximum atomic E-state index is 13.1. The molecular formula is C26H21ClFN3O5. The molecule has 1 aliphatic heterocycles. The van der Waals surface area contributed by atoms with Crippen LogP contribution in [0.5, 0.6) is 11.5 Å². The zero-order valence-corrected chi connectivity index (χ0v) is 19.8. The van der Waals surface area contributed by atoms with Crippen molar-refractivity contribution in [2.75, 3.05) is 19.0 Å². The molecule has 10 heteroatoms. The Morgan fingerprint density at radius 2 is 1.83 bits per heavy atom. The molecular weight excluding hydrogens is 489 g/mol. The van der Waals surface area contributed by atoms with E-state index in [1.54, 1.807) is 30.3 Å². The van der Waals surface area contributed by atoms with Crippen molar-refractivity contribution in [3.05, 3.63) is 94.4 Å². The summed E-state index contributed by atoms with van der Waals surface area (Å²) in [4.78, 5) is 38.4. The molecule has 8 nitrogen and oxygen atoms in total. The van der Waals surface area contributed by atoms with Gasteiger partial charge < -0.3 is 20.1 Å². The van der Waals surface area contributed by atoms with Crippen molar-refractivity contribution < 1.29 is 28.2 Å². The van der Waals surface area contributed by atoms with Crippen molar-refractivity contribution in [2.24, 2.45) is 0 Å². The van der Waals surface area contributed by atoms with Crippen molar-refractivity contribution >= 4 is 41.2 Å². The molecule has 4 rings (SSSR count). The van der Waals surface area contributed by atoms with Crippen LogP contribution in [0.4, 0.5) is 14.9 Å². The quantitative estimate of drug-likeness (QED) is 0.342. The second-order valence-electron chi connectivity index (χ2n) is 7.74. The van der Waals surface area contributed by atoms with Crippen LogP contribution in [0, 0.1) is 5.82 Å². The van der Waals surface area contributed by atoms with E-state index < -0.39 is 17.8 Å². The van der Waals surface area contributed by atoms with Gasteiger partial charge in [0.1, 0.15) is 11.5 Å². The summed E-state index contributed by atoms with van der Waals surface area (Å²) < 4.78 is 24.1. The summed E-state index contributed by atoms with van der Waals surface area (Å²) >= 11 is 6.38. The molecule has 4 amide bonds. The molecule has 36 heavy (non-hydrogen) atoms. The minimum Gasteiger partial charge on any atom is -0.493 e. The van der Waals surface area contributed by atoms with Gasteiger partial charge in [-0.15, -0.1) is 0 Å². The van der Waals surface area contributed by atoms with Gasteiger partial charge in [0, 0.05) is 5.69 Å². The average Bonchev–Trinajstić information content (AvgIpc) is 3.12. The van der Waals surface area contributed by atoms with Crippen molar-refractivity contribution in [3.63, 3.8) is 0 Å². The Labute approximate surface area is 211 Å². The van der Waals surface area contributed by atoms with Crippen LogP contribution in [0.3, 0.4) is 0 Å². The highest BCUT2D eigenvalue weighted by Crippen LogP contribution is 2.37. The van der Waals surface area contributed by atoms with Gasteiger partial charge in [-0.1, -0.05) is 41.9 Å². The lowest BCUT2D eigenvalue weighted by Gasteiger charge is -2.13. The first-order chi connectivity index (χ1) is 17.3. The van der Waals surface area contributed by atoms with E-state index in [4.69, 9.17) is 21.1 Å². The summed E-state index contributed by atoms with van der Waals surface area (Å²) in [5.74, 6) is -0.944. The molecule has 184 valence electrons. The summed E-state index contributed by atoms with van der Waals surface area (Å²) in [6.45, 7) is -0.317. The fourth-order valence-corrected chi connectivity index (χ4v) is 3.75. The minimum atomic E-state index is -0.599. The number of para-hydroxylation sites is 1. The van der Waals surface area contributed by atoms with Gasteiger partial charge in [0.2, 0.25) is 0 Å². The first-order valence-corrected chi connectivity index (χ1v) is 11.2. The number of benzene rings is 3. The van der Waals surface area contributed by atoms with Crippen molar-refractivity contribution in [3.8, 4) is 11.5 Å². The van der Waals surface area contributed by atoms with E-state index in [1.165, 1.54) is 43.5 Å². The van der Waals surface area contributed by atoms with E-state index in [-0.39, 0.29) is 41.3 Å². The Hall–Kier alpha value is -4.37. The normalized spacial score (nSPS) is 14.1. The lowest BCUT2D eigenvalue weighted by Crippen LogP contribution is -2.30. The smallest absolute Gasteiger partial charge is 0.329 e. The topological polar surface area (TPSA) is 97.0 Å². The predicted octanol–water partition coefficient (Wildman–Crippen LogP) is 4.60. The summed E-state index contributed by atoms with van der Waals surface area (Å²) in [5, 5.41) is 5.38. The molecule has 0 aromatic heterocycles. The number of nitrogens with zero attached hydrogens (tertiary/aromatic N) is 1. The Bertz CT molecular complexity index is 1330. The van der Waals surface area contributed by atoms with Gasteiger partial charge in [0.05, 0.1) is 18.7 Å². The number of methoxy groups -OCH3 is 1. The number of halogens is 2. The van der Waals surface area contributed by atoms with Gasteiger partial charge in [0.15, 0.2) is 18.1 Å². The Kier molecular flexibility index (Phi) is 7.50. The first-order valence-electron chi connectivity index (χ1n) is 10.8. The average molecular weight is 510 g/mol. The van der Waals surface area contributed by atoms with E-state index in [0.717, 1.165) is 4.90 Å². The number of amides is 4. The van der Waals surface area contributed by atoms with E-state index in [9.17, 15) is 18.8 Å². The molecule has 1 aliphatic rings. The number of carbonyl (C=O) groups excluding carboxylic acids is 3. The van der Waals surface area contributed by atoms with Crippen LogP contribution in [0.1, 0.15) is 11.1 Å². The second kappa shape index (κ2) is 10.9. The number of rotatable bonds is 8. The maximum Gasteiger partial charge on any atom is 0.329 e. The molecule has 0 bridgehead atoms. The van der Waals surface area contributed by atoms with Crippen LogP contribution >= 0.6 is 11.6 Å². The molecule has 0 saturated carbocycles. The standard InChI is InChI=1S/C26H21ClFN3O5/c1-35-22-13-17(11-20(27)24(22)36-15-23(32)29-19-5-3-2-4-6-19)12-21-25(33)31(26(34)30-21)14-16-7-9-18(28)10-8-16/h2-13H,14-15H2,1H3,(H,29,32)(H,30,34)/b21-12+. The monoisotopic (exact) mass is 509 g/mol. The molecule has 0 spiro atoms. The number of carbonyl (C=O) groups is 3. The first kappa shape index (κ1) is 24.7. The molecule has 3 aromatic rings.